The van der Waals surface area contributed by atoms with Gasteiger partial charge in [-0.25, -0.2) is 9.59 Å². The largest absolute Gasteiger partial charge is 0.480 e. The third-order valence-corrected chi connectivity index (χ3v) is 9.75. The Morgan fingerprint density at radius 2 is 0.881 bits per heavy atom. The van der Waals surface area contributed by atoms with Crippen LogP contribution in [0.4, 0.5) is 9.59 Å². The predicted octanol–water partition coefficient (Wildman–Crippen LogP) is 3.49. The van der Waals surface area contributed by atoms with Gasteiger partial charge in [0.15, 0.2) is 0 Å². The molecular formula is C43H52N6O10. The molecule has 16 heteroatoms. The summed E-state index contributed by atoms with van der Waals surface area (Å²) in [5, 5.41) is 22.0. The van der Waals surface area contributed by atoms with Crippen LogP contribution in [0.1, 0.15) is 53.4 Å². The summed E-state index contributed by atoms with van der Waals surface area (Å²) in [4.78, 5) is 55.6. The monoisotopic (exact) mass is 812 g/mol. The normalized spacial score (nSPS) is 13.5. The minimum Gasteiger partial charge on any atom is -0.480 e. The third-order valence-electron chi connectivity index (χ3n) is 9.75. The molecule has 16 nitrogen and oxygen atoms in total. The molecule has 12 N–H and O–H groups in total. The van der Waals surface area contributed by atoms with Crippen LogP contribution in [0.5, 0.6) is 0 Å². The van der Waals surface area contributed by atoms with Crippen LogP contribution in [0.15, 0.2) is 97.1 Å². The lowest BCUT2D eigenvalue weighted by Crippen LogP contribution is -2.36. The second-order valence-corrected chi connectivity index (χ2v) is 13.7. The van der Waals surface area contributed by atoms with Gasteiger partial charge in [-0.05, 0) is 70.3 Å². The Balaban J connectivity index is 0.000000221. The van der Waals surface area contributed by atoms with Crippen LogP contribution >= 0.6 is 0 Å². The van der Waals surface area contributed by atoms with E-state index in [4.69, 9.17) is 42.6 Å². The van der Waals surface area contributed by atoms with E-state index in [0.29, 0.717) is 13.0 Å². The molecule has 6 rings (SSSR count). The minimum atomic E-state index is -1.09. The molecule has 3 atom stereocenters. The Labute approximate surface area is 342 Å². The topological polar surface area (TPSA) is 282 Å². The van der Waals surface area contributed by atoms with Crippen molar-refractivity contribution in [3.63, 3.8) is 0 Å². The van der Waals surface area contributed by atoms with Crippen molar-refractivity contribution in [2.45, 2.75) is 49.2 Å². The number of hydrogen-bond donors (Lipinski definition) is 8. The number of nitrogens with two attached hydrogens (primary N) is 4. The summed E-state index contributed by atoms with van der Waals surface area (Å²) in [6.45, 7) is 1.21. The predicted molar refractivity (Wildman–Crippen MR) is 220 cm³/mol. The van der Waals surface area contributed by atoms with E-state index < -0.39 is 48.2 Å². The van der Waals surface area contributed by atoms with E-state index in [2.05, 4.69) is 51.8 Å². The minimum absolute atomic E-state index is 0.000531. The number of nitrogens with one attached hydrogen (secondary N) is 2. The molecule has 0 radical (unpaired) electrons. The molecule has 2 amide bonds. The van der Waals surface area contributed by atoms with Crippen molar-refractivity contribution in [1.29, 1.82) is 0 Å². The molecule has 4 aromatic rings. The van der Waals surface area contributed by atoms with Gasteiger partial charge in [0.05, 0.1) is 7.11 Å². The first-order valence-corrected chi connectivity index (χ1v) is 19.1. The van der Waals surface area contributed by atoms with Crippen LogP contribution in [-0.2, 0) is 28.6 Å². The molecule has 2 aliphatic rings. The van der Waals surface area contributed by atoms with E-state index in [-0.39, 0.29) is 51.0 Å². The van der Waals surface area contributed by atoms with Crippen LogP contribution in [0.2, 0.25) is 0 Å². The first kappa shape index (κ1) is 45.4. The van der Waals surface area contributed by atoms with Gasteiger partial charge in [-0.3, -0.25) is 14.4 Å². The van der Waals surface area contributed by atoms with Crippen LogP contribution in [-0.4, -0.2) is 98.4 Å². The van der Waals surface area contributed by atoms with E-state index in [1.54, 1.807) is 0 Å². The first-order valence-electron chi connectivity index (χ1n) is 19.1. The van der Waals surface area contributed by atoms with Crippen molar-refractivity contribution in [1.82, 2.24) is 10.6 Å². The summed E-state index contributed by atoms with van der Waals surface area (Å²) in [6.07, 6.45) is -0.311. The van der Waals surface area contributed by atoms with E-state index in [1.807, 2.05) is 60.7 Å². The number of esters is 1. The summed E-state index contributed by atoms with van der Waals surface area (Å²) in [5.41, 5.74) is 30.4. The SMILES string of the molecule is COC(=O)[C@H](N)CCNC(=O)OCC1c2ccccc2-c2ccccc21.NCC[C@@H](N)C(=O)O.N[C@H](CCNC(=O)OCC1c2ccccc2-c2ccccc21)C(=O)O. The van der Waals surface area contributed by atoms with Gasteiger partial charge in [-0.15, -0.1) is 0 Å². The van der Waals surface area contributed by atoms with Gasteiger partial charge in [-0.1, -0.05) is 97.1 Å². The quantitative estimate of drug-likeness (QED) is 0.0630. The fourth-order valence-electron chi connectivity index (χ4n) is 6.65. The molecule has 0 saturated carbocycles. The number of methoxy groups -OCH3 is 1. The number of rotatable bonds is 15. The number of carbonyl (C=O) groups is 5. The van der Waals surface area contributed by atoms with Crippen molar-refractivity contribution in [2.75, 3.05) is 40.0 Å². The lowest BCUT2D eigenvalue weighted by Gasteiger charge is -2.15. The Morgan fingerprint density at radius 1 is 0.559 bits per heavy atom. The number of carbonyl (C=O) groups excluding carboxylic acids is 3. The summed E-state index contributed by atoms with van der Waals surface area (Å²) in [5.74, 6) is -2.56. The highest BCUT2D eigenvalue weighted by Crippen LogP contribution is 2.45. The molecule has 0 aliphatic heterocycles. The zero-order valence-electron chi connectivity index (χ0n) is 32.8. The van der Waals surface area contributed by atoms with Gasteiger partial charge in [0.25, 0.3) is 0 Å². The summed E-state index contributed by atoms with van der Waals surface area (Å²) >= 11 is 0. The molecule has 0 heterocycles. The average Bonchev–Trinajstić information content (AvgIpc) is 3.74. The van der Waals surface area contributed by atoms with Crippen LogP contribution in [0.3, 0.4) is 0 Å². The average molecular weight is 813 g/mol. The lowest BCUT2D eigenvalue weighted by atomic mass is 9.98. The van der Waals surface area contributed by atoms with Crippen LogP contribution in [0.25, 0.3) is 22.3 Å². The van der Waals surface area contributed by atoms with Crippen molar-refractivity contribution < 1.29 is 48.4 Å². The summed E-state index contributed by atoms with van der Waals surface area (Å²) in [6, 6.07) is 30.0. The highest BCUT2D eigenvalue weighted by Gasteiger charge is 2.30. The van der Waals surface area contributed by atoms with E-state index >= 15 is 0 Å². The third kappa shape index (κ3) is 12.6. The second kappa shape index (κ2) is 22.6. The molecule has 0 unspecified atom stereocenters. The molecule has 0 aromatic heterocycles. The molecule has 0 saturated heterocycles. The number of alkyl carbamates (subject to hydrolysis) is 2. The highest BCUT2D eigenvalue weighted by atomic mass is 16.6. The Morgan fingerprint density at radius 3 is 1.19 bits per heavy atom. The van der Waals surface area contributed by atoms with Crippen LogP contribution < -0.4 is 33.6 Å². The molecule has 0 spiro atoms. The van der Waals surface area contributed by atoms with Crippen molar-refractivity contribution in [2.24, 2.45) is 22.9 Å². The smallest absolute Gasteiger partial charge is 0.407 e. The maximum absolute atomic E-state index is 12.0. The molecular weight excluding hydrogens is 761 g/mol. The number of fused-ring (bicyclic) bond motifs is 6. The van der Waals surface area contributed by atoms with Gasteiger partial charge in [0.1, 0.15) is 31.3 Å². The van der Waals surface area contributed by atoms with Crippen LogP contribution in [0, 0.1) is 0 Å². The van der Waals surface area contributed by atoms with Gasteiger partial charge in [0.2, 0.25) is 0 Å². The summed E-state index contributed by atoms with van der Waals surface area (Å²) in [7, 11) is 1.28. The number of carboxylic acids is 2. The molecule has 314 valence electrons. The second-order valence-electron chi connectivity index (χ2n) is 13.7. The van der Waals surface area contributed by atoms with Crippen molar-refractivity contribution >= 4 is 30.1 Å². The number of aliphatic carboxylic acids is 2. The number of ether oxygens (including phenoxy) is 3. The molecule has 0 fully saturated rings. The lowest BCUT2D eigenvalue weighted by molar-refractivity contribution is -0.142. The maximum Gasteiger partial charge on any atom is 0.407 e. The molecule has 59 heavy (non-hydrogen) atoms. The Kier molecular flexibility index (Phi) is 17.4. The van der Waals surface area contributed by atoms with E-state index in [0.717, 1.165) is 22.3 Å². The fraction of sp³-hybridized carbons (Fsp3) is 0.326. The molecule has 0 bridgehead atoms. The summed E-state index contributed by atoms with van der Waals surface area (Å²) < 4.78 is 15.3. The maximum atomic E-state index is 12.0. The number of carboxylic acid groups (broad SMARTS) is 2. The van der Waals surface area contributed by atoms with Gasteiger partial charge < -0.3 is 58.0 Å². The van der Waals surface area contributed by atoms with E-state index in [1.165, 1.54) is 29.4 Å². The fourth-order valence-corrected chi connectivity index (χ4v) is 6.65. The van der Waals surface area contributed by atoms with Crippen molar-refractivity contribution in [3.05, 3.63) is 119 Å². The zero-order valence-corrected chi connectivity index (χ0v) is 32.8. The Bertz CT molecular complexity index is 1970. The van der Waals surface area contributed by atoms with Crippen molar-refractivity contribution in [3.8, 4) is 22.3 Å². The number of amides is 2. The van der Waals surface area contributed by atoms with Gasteiger partial charge in [-0.2, -0.15) is 0 Å². The zero-order chi connectivity index (χ0) is 42.9. The van der Waals surface area contributed by atoms with Gasteiger partial charge >= 0.3 is 30.1 Å². The number of benzene rings is 4. The first-order chi connectivity index (χ1) is 28.4. The molecule has 4 aromatic carbocycles. The molecule has 2 aliphatic carbocycles. The standard InChI is InChI=1S/C20H22N2O4.C19H20N2O4.C4H10N2O2/c1-25-19(23)18(21)10-11-22-20(24)26-12-17-15-8-4-2-6-13(15)14-7-3-5-9-16(14)17;20-17(18(22)23)9-10-21-19(24)25-11-16-14-7-3-1-5-12(14)13-6-2-4-8-15(13)16;5-2-1-3(6)4(7)8/h2-9,17-18H,10-12,21H2,1H3,(H,22,24);1-8,16-17H,9-11,20H2,(H,21,24)(H,22,23);3H,1-2,5-6H2,(H,7,8)/t18-;17-;3-/m111/s1. The Hall–Kier alpha value is -6.33. The highest BCUT2D eigenvalue weighted by molar-refractivity contribution is 5.80. The van der Waals surface area contributed by atoms with E-state index in [9.17, 15) is 24.0 Å². The number of hydrogen-bond acceptors (Lipinski definition) is 12. The van der Waals surface area contributed by atoms with Gasteiger partial charge in [0, 0.05) is 24.9 Å².